The zero-order valence-electron chi connectivity index (χ0n) is 14.0. The maximum absolute atomic E-state index is 12.6. The summed E-state index contributed by atoms with van der Waals surface area (Å²) in [6.07, 6.45) is 3.87. The first-order valence-electron chi connectivity index (χ1n) is 8.58. The van der Waals surface area contributed by atoms with Gasteiger partial charge in [0, 0.05) is 12.1 Å². The summed E-state index contributed by atoms with van der Waals surface area (Å²) < 4.78 is 5.68. The summed E-state index contributed by atoms with van der Waals surface area (Å²) in [5.41, 5.74) is 0. The van der Waals surface area contributed by atoms with Gasteiger partial charge in [0.25, 0.3) is 5.91 Å². The highest BCUT2D eigenvalue weighted by Crippen LogP contribution is 2.33. The molecule has 2 N–H and O–H groups in total. The number of piperidine rings is 3. The number of fused-ring (bicyclic) bond motifs is 3. The molecule has 1 aromatic heterocycles. The van der Waals surface area contributed by atoms with E-state index in [-0.39, 0.29) is 17.7 Å². The molecular weight excluding hydrogens is 338 g/mol. The summed E-state index contributed by atoms with van der Waals surface area (Å²) in [7, 11) is 0. The summed E-state index contributed by atoms with van der Waals surface area (Å²) in [6.45, 7) is 4.47. The van der Waals surface area contributed by atoms with Gasteiger partial charge in [-0.15, -0.1) is 0 Å². The third-order valence-corrected chi connectivity index (χ3v) is 6.08. The maximum atomic E-state index is 12.6. The molecule has 6 nitrogen and oxygen atoms in total. The molecule has 1 aromatic carbocycles. The fourth-order valence-corrected chi connectivity index (χ4v) is 4.49. The Labute approximate surface area is 150 Å². The van der Waals surface area contributed by atoms with Crippen molar-refractivity contribution in [3.63, 3.8) is 0 Å². The molecular formula is C18H21N3O3S. The van der Waals surface area contributed by atoms with Crippen LogP contribution in [0, 0.1) is 5.92 Å². The average Bonchev–Trinajstić information content (AvgIpc) is 3.09. The van der Waals surface area contributed by atoms with Crippen molar-refractivity contribution in [1.29, 1.82) is 0 Å². The first-order chi connectivity index (χ1) is 12.1. The van der Waals surface area contributed by atoms with Crippen molar-refractivity contribution in [1.82, 2.24) is 15.2 Å². The Morgan fingerprint density at radius 2 is 2.04 bits per heavy atom. The number of ether oxygens (including phenoxy) is 1. The van der Waals surface area contributed by atoms with Crippen LogP contribution >= 0.6 is 11.3 Å². The fraction of sp³-hybridized carbons (Fsp3) is 0.444. The minimum Gasteiger partial charge on any atom is -0.508 e. The highest BCUT2D eigenvalue weighted by molar-refractivity contribution is 7.15. The minimum absolute atomic E-state index is 0.129. The maximum Gasteiger partial charge on any atom is 0.280 e. The molecule has 0 radical (unpaired) electrons. The topological polar surface area (TPSA) is 74.7 Å². The lowest BCUT2D eigenvalue weighted by Gasteiger charge is -2.49. The lowest BCUT2D eigenvalue weighted by molar-refractivity contribution is 0.0217. The van der Waals surface area contributed by atoms with Gasteiger partial charge in [0.1, 0.15) is 11.5 Å². The number of aromatic hydroxyl groups is 1. The number of phenols is 1. The molecule has 0 saturated carbocycles. The SMILES string of the molecule is C[C@H]1[C@H](NC(=O)c2ncc(Oc3ccc(O)cc3)s2)C2CCN1CC2. The molecule has 3 fully saturated rings. The van der Waals surface area contributed by atoms with Crippen molar-refractivity contribution in [3.05, 3.63) is 35.5 Å². The predicted molar refractivity (Wildman–Crippen MR) is 95.3 cm³/mol. The van der Waals surface area contributed by atoms with Gasteiger partial charge < -0.3 is 15.2 Å². The zero-order valence-corrected chi connectivity index (χ0v) is 14.8. The second-order valence-corrected chi connectivity index (χ2v) is 7.69. The number of carbonyl (C=O) groups excluding carboxylic acids is 1. The van der Waals surface area contributed by atoms with Crippen molar-refractivity contribution < 1.29 is 14.6 Å². The number of rotatable bonds is 4. The van der Waals surface area contributed by atoms with E-state index in [0.29, 0.717) is 27.8 Å². The van der Waals surface area contributed by atoms with Crippen LogP contribution in [-0.2, 0) is 0 Å². The number of carbonyl (C=O) groups is 1. The molecule has 4 heterocycles. The van der Waals surface area contributed by atoms with Crippen LogP contribution in [0.25, 0.3) is 0 Å². The smallest absolute Gasteiger partial charge is 0.280 e. The van der Waals surface area contributed by atoms with Gasteiger partial charge in [-0.05, 0) is 63.0 Å². The van der Waals surface area contributed by atoms with Crippen molar-refractivity contribution in [2.75, 3.05) is 13.1 Å². The van der Waals surface area contributed by atoms with Gasteiger partial charge in [0.05, 0.1) is 6.20 Å². The monoisotopic (exact) mass is 359 g/mol. The van der Waals surface area contributed by atoms with Crippen molar-refractivity contribution in [2.45, 2.75) is 31.8 Å². The van der Waals surface area contributed by atoms with Gasteiger partial charge in [0.2, 0.25) is 5.06 Å². The first-order valence-corrected chi connectivity index (χ1v) is 9.39. The predicted octanol–water partition coefficient (Wildman–Crippen LogP) is 2.85. The molecule has 7 heteroatoms. The third-order valence-electron chi connectivity index (χ3n) is 5.21. The number of hydrogen-bond donors (Lipinski definition) is 2. The van der Waals surface area contributed by atoms with E-state index in [9.17, 15) is 9.90 Å². The Bertz CT molecular complexity index is 751. The molecule has 0 spiro atoms. The zero-order chi connectivity index (χ0) is 17.4. The summed E-state index contributed by atoms with van der Waals surface area (Å²) in [5.74, 6) is 1.22. The molecule has 132 valence electrons. The van der Waals surface area contributed by atoms with E-state index in [0.717, 1.165) is 25.9 Å². The van der Waals surface area contributed by atoms with E-state index in [1.54, 1.807) is 30.5 Å². The normalized spacial score (nSPS) is 27.9. The van der Waals surface area contributed by atoms with Crippen LogP contribution in [0.15, 0.2) is 30.5 Å². The Morgan fingerprint density at radius 3 is 2.72 bits per heavy atom. The van der Waals surface area contributed by atoms with Gasteiger partial charge in [-0.3, -0.25) is 9.69 Å². The van der Waals surface area contributed by atoms with Crippen LogP contribution in [0.2, 0.25) is 0 Å². The molecule has 5 rings (SSSR count). The summed E-state index contributed by atoms with van der Waals surface area (Å²) >= 11 is 1.23. The van der Waals surface area contributed by atoms with Gasteiger partial charge in [-0.25, -0.2) is 4.98 Å². The molecule has 3 aliphatic heterocycles. The van der Waals surface area contributed by atoms with Gasteiger partial charge >= 0.3 is 0 Å². The van der Waals surface area contributed by atoms with Gasteiger partial charge in [-0.1, -0.05) is 11.3 Å². The number of amides is 1. The number of nitrogens with one attached hydrogen (secondary N) is 1. The molecule has 3 aliphatic rings. The molecule has 0 aliphatic carbocycles. The van der Waals surface area contributed by atoms with E-state index in [4.69, 9.17) is 4.74 Å². The summed E-state index contributed by atoms with van der Waals surface area (Å²) in [6, 6.07) is 7.02. The number of nitrogens with zero attached hydrogens (tertiary/aromatic N) is 2. The van der Waals surface area contributed by atoms with Crippen LogP contribution in [0.4, 0.5) is 0 Å². The van der Waals surface area contributed by atoms with Crippen molar-refractivity contribution in [3.8, 4) is 16.6 Å². The Morgan fingerprint density at radius 1 is 1.32 bits per heavy atom. The highest BCUT2D eigenvalue weighted by Gasteiger charge is 2.40. The third kappa shape index (κ3) is 3.34. The Balaban J connectivity index is 1.41. The highest BCUT2D eigenvalue weighted by atomic mass is 32.1. The second-order valence-electron chi connectivity index (χ2n) is 6.69. The number of hydrogen-bond acceptors (Lipinski definition) is 6. The lowest BCUT2D eigenvalue weighted by Crippen LogP contribution is -2.62. The number of thiazole rings is 1. The Hall–Kier alpha value is -2.12. The van der Waals surface area contributed by atoms with Gasteiger partial charge in [-0.2, -0.15) is 0 Å². The van der Waals surface area contributed by atoms with Gasteiger partial charge in [0.15, 0.2) is 5.01 Å². The lowest BCUT2D eigenvalue weighted by atomic mass is 9.79. The number of benzene rings is 1. The van der Waals surface area contributed by atoms with Crippen molar-refractivity contribution >= 4 is 17.2 Å². The van der Waals surface area contributed by atoms with Crippen LogP contribution in [-0.4, -0.2) is 46.1 Å². The van der Waals surface area contributed by atoms with Crippen LogP contribution in [0.3, 0.4) is 0 Å². The van der Waals surface area contributed by atoms with Crippen LogP contribution < -0.4 is 10.1 Å². The van der Waals surface area contributed by atoms with Crippen LogP contribution in [0.5, 0.6) is 16.6 Å². The molecule has 0 unspecified atom stereocenters. The van der Waals surface area contributed by atoms with E-state index >= 15 is 0 Å². The minimum atomic E-state index is -0.129. The molecule has 2 aromatic rings. The average molecular weight is 359 g/mol. The Kier molecular flexibility index (Phi) is 4.35. The largest absolute Gasteiger partial charge is 0.508 e. The first kappa shape index (κ1) is 16.4. The molecule has 2 atom stereocenters. The number of phenolic OH excluding ortho intramolecular Hbond substituents is 1. The van der Waals surface area contributed by atoms with E-state index < -0.39 is 0 Å². The van der Waals surface area contributed by atoms with Crippen molar-refractivity contribution in [2.24, 2.45) is 5.92 Å². The van der Waals surface area contributed by atoms with E-state index in [2.05, 4.69) is 22.1 Å². The standard InChI is InChI=1S/C18H21N3O3S/c1-11-16(12-6-8-21(11)9-7-12)20-17(23)18-19-10-15(25-18)24-14-4-2-13(22)3-5-14/h2-5,10-12,16,22H,6-9H2,1H3,(H,20,23)/t11-,16-/m0/s1. The summed E-state index contributed by atoms with van der Waals surface area (Å²) in [5, 5.41) is 13.4. The fourth-order valence-electron chi connectivity index (χ4n) is 3.80. The van der Waals surface area contributed by atoms with E-state index in [1.807, 2.05) is 0 Å². The molecule has 2 bridgehead atoms. The molecule has 3 saturated heterocycles. The molecule has 25 heavy (non-hydrogen) atoms. The number of aromatic nitrogens is 1. The molecule has 1 amide bonds. The van der Waals surface area contributed by atoms with E-state index in [1.165, 1.54) is 11.3 Å². The van der Waals surface area contributed by atoms with Crippen LogP contribution in [0.1, 0.15) is 29.6 Å². The second kappa shape index (κ2) is 6.65. The summed E-state index contributed by atoms with van der Waals surface area (Å²) in [4.78, 5) is 19.2. The quantitative estimate of drug-likeness (QED) is 0.878.